The zero-order valence-electron chi connectivity index (χ0n) is 14.6. The smallest absolute Gasteiger partial charge is 0.244 e. The van der Waals surface area contributed by atoms with Crippen LogP contribution in [0.4, 0.5) is 0 Å². The molecule has 136 valence electrons. The first kappa shape index (κ1) is 19.1. The third-order valence-corrected chi connectivity index (χ3v) is 4.10. The average molecular weight is 367 g/mol. The normalized spacial score (nSPS) is 13.2. The van der Waals surface area contributed by atoms with Crippen LogP contribution < -0.4 is 14.8 Å². The van der Waals surface area contributed by atoms with Crippen molar-refractivity contribution < 1.29 is 14.3 Å². The van der Waals surface area contributed by atoms with Crippen LogP contribution in [0.2, 0.25) is 0 Å². The number of aryl methyl sites for hydroxylation is 1. The molecule has 8 heteroatoms. The molecule has 0 saturated carbocycles. The predicted octanol–water partition coefficient (Wildman–Crippen LogP) is 1.88. The van der Waals surface area contributed by atoms with Gasteiger partial charge in [0.25, 0.3) is 0 Å². The average Bonchev–Trinajstić information content (AvgIpc) is 3.21. The van der Waals surface area contributed by atoms with E-state index in [9.17, 15) is 4.79 Å². The molecule has 1 aromatic heterocycles. The maximum Gasteiger partial charge on any atom is 0.244 e. The highest BCUT2D eigenvalue weighted by atomic mass is 35.5. The van der Waals surface area contributed by atoms with E-state index in [-0.39, 0.29) is 25.1 Å². The van der Waals surface area contributed by atoms with Gasteiger partial charge in [0.15, 0.2) is 11.5 Å². The van der Waals surface area contributed by atoms with Crippen LogP contribution in [0.1, 0.15) is 24.1 Å². The van der Waals surface area contributed by atoms with Gasteiger partial charge in [0, 0.05) is 31.9 Å². The van der Waals surface area contributed by atoms with Gasteiger partial charge in [-0.3, -0.25) is 9.48 Å². The lowest BCUT2D eigenvalue weighted by Gasteiger charge is -2.26. The summed E-state index contributed by atoms with van der Waals surface area (Å²) in [6.07, 6.45) is 3.57. The van der Waals surface area contributed by atoms with E-state index in [1.165, 1.54) is 0 Å². The van der Waals surface area contributed by atoms with Crippen LogP contribution in [0.5, 0.6) is 11.5 Å². The molecule has 1 aliphatic heterocycles. The highest BCUT2D eigenvalue weighted by Crippen LogP contribution is 2.33. The van der Waals surface area contributed by atoms with Crippen molar-refractivity contribution in [2.24, 2.45) is 7.05 Å². The minimum Gasteiger partial charge on any atom is -0.454 e. The molecule has 0 spiro atoms. The van der Waals surface area contributed by atoms with Gasteiger partial charge in [-0.25, -0.2) is 0 Å². The number of hydrogen-bond acceptors (Lipinski definition) is 5. The van der Waals surface area contributed by atoms with Gasteiger partial charge >= 0.3 is 0 Å². The lowest BCUT2D eigenvalue weighted by atomic mass is 10.1. The third kappa shape index (κ3) is 4.05. The minimum atomic E-state index is -0.410. The van der Waals surface area contributed by atoms with Gasteiger partial charge in [-0.1, -0.05) is 6.07 Å². The first-order chi connectivity index (χ1) is 11.6. The molecule has 0 fully saturated rings. The van der Waals surface area contributed by atoms with E-state index in [2.05, 4.69) is 10.4 Å². The molecule has 1 N–H and O–H groups in total. The van der Waals surface area contributed by atoms with Crippen molar-refractivity contribution in [1.82, 2.24) is 20.0 Å². The van der Waals surface area contributed by atoms with Crippen LogP contribution in [-0.4, -0.2) is 41.0 Å². The molecular formula is C17H23ClN4O3. The summed E-state index contributed by atoms with van der Waals surface area (Å²) in [5, 5.41) is 7.24. The Morgan fingerprint density at radius 2 is 2.16 bits per heavy atom. The Morgan fingerprint density at radius 1 is 1.40 bits per heavy atom. The maximum atomic E-state index is 12.9. The Hall–Kier alpha value is -2.25. The standard InChI is InChI=1S/C17H22N4O3.ClH/c1-4-21(9-12-5-6-14-15(7-12)24-11-23-14)17(22)16(18-2)13-8-19-20(3)10-13;/h5-8,10,16,18H,4,9,11H2,1-3H3;1H. The molecule has 1 unspecified atom stereocenters. The molecule has 7 nitrogen and oxygen atoms in total. The number of ether oxygens (including phenoxy) is 2. The highest BCUT2D eigenvalue weighted by Gasteiger charge is 2.25. The predicted molar refractivity (Wildman–Crippen MR) is 95.9 cm³/mol. The number of hydrogen-bond donors (Lipinski definition) is 1. The van der Waals surface area contributed by atoms with Crippen molar-refractivity contribution in [3.05, 3.63) is 41.7 Å². The molecule has 0 radical (unpaired) electrons. The lowest BCUT2D eigenvalue weighted by molar-refractivity contribution is -0.133. The monoisotopic (exact) mass is 366 g/mol. The number of nitrogens with one attached hydrogen (secondary N) is 1. The molecule has 25 heavy (non-hydrogen) atoms. The minimum absolute atomic E-state index is 0. The van der Waals surface area contributed by atoms with Gasteiger partial charge in [-0.15, -0.1) is 12.4 Å². The Balaban J connectivity index is 0.00000225. The van der Waals surface area contributed by atoms with Gasteiger partial charge in [-0.05, 0) is 31.7 Å². The number of nitrogens with zero attached hydrogens (tertiary/aromatic N) is 3. The molecule has 3 rings (SSSR count). The van der Waals surface area contributed by atoms with Crippen LogP contribution >= 0.6 is 12.4 Å². The Kier molecular flexibility index (Phi) is 6.27. The summed E-state index contributed by atoms with van der Waals surface area (Å²) in [4.78, 5) is 14.7. The number of carbonyl (C=O) groups excluding carboxylic acids is 1. The number of aromatic nitrogens is 2. The van der Waals surface area contributed by atoms with E-state index in [1.54, 1.807) is 17.9 Å². The number of amides is 1. The summed E-state index contributed by atoms with van der Waals surface area (Å²) in [6, 6.07) is 5.36. The fourth-order valence-corrected chi connectivity index (χ4v) is 2.81. The number of halogens is 1. The summed E-state index contributed by atoms with van der Waals surface area (Å²) < 4.78 is 12.4. The fourth-order valence-electron chi connectivity index (χ4n) is 2.81. The van der Waals surface area contributed by atoms with Crippen LogP contribution in [0.3, 0.4) is 0 Å². The van der Waals surface area contributed by atoms with Crippen molar-refractivity contribution in [3.63, 3.8) is 0 Å². The van der Waals surface area contributed by atoms with Gasteiger partial charge in [0.2, 0.25) is 12.7 Å². The molecule has 1 aliphatic rings. The first-order valence-corrected chi connectivity index (χ1v) is 7.95. The zero-order chi connectivity index (χ0) is 17.1. The quantitative estimate of drug-likeness (QED) is 0.845. The molecule has 0 saturated heterocycles. The van der Waals surface area contributed by atoms with Gasteiger partial charge in [-0.2, -0.15) is 5.10 Å². The van der Waals surface area contributed by atoms with Crippen molar-refractivity contribution in [2.75, 3.05) is 20.4 Å². The number of rotatable bonds is 6. The Morgan fingerprint density at radius 3 is 2.80 bits per heavy atom. The van der Waals surface area contributed by atoms with E-state index in [4.69, 9.17) is 9.47 Å². The largest absolute Gasteiger partial charge is 0.454 e. The zero-order valence-corrected chi connectivity index (χ0v) is 15.4. The highest BCUT2D eigenvalue weighted by molar-refractivity contribution is 5.85. The summed E-state index contributed by atoms with van der Waals surface area (Å²) in [5.41, 5.74) is 1.87. The van der Waals surface area contributed by atoms with E-state index in [1.807, 2.05) is 43.3 Å². The molecule has 2 heterocycles. The number of likely N-dealkylation sites (N-methyl/N-ethyl adjacent to an activating group) is 2. The van der Waals surface area contributed by atoms with Crippen molar-refractivity contribution >= 4 is 18.3 Å². The van der Waals surface area contributed by atoms with E-state index in [0.29, 0.717) is 13.1 Å². The van der Waals surface area contributed by atoms with Crippen LogP contribution in [0.25, 0.3) is 0 Å². The van der Waals surface area contributed by atoms with Crippen LogP contribution in [-0.2, 0) is 18.4 Å². The van der Waals surface area contributed by atoms with Crippen molar-refractivity contribution in [2.45, 2.75) is 19.5 Å². The molecule has 0 bridgehead atoms. The summed E-state index contributed by atoms with van der Waals surface area (Å²) >= 11 is 0. The number of carbonyl (C=O) groups is 1. The summed E-state index contributed by atoms with van der Waals surface area (Å²) in [5.74, 6) is 1.50. The molecule has 0 aliphatic carbocycles. The summed E-state index contributed by atoms with van der Waals surface area (Å²) in [6.45, 7) is 3.36. The second-order valence-corrected chi connectivity index (χ2v) is 5.71. The second kappa shape index (κ2) is 8.22. The van der Waals surface area contributed by atoms with Crippen molar-refractivity contribution in [3.8, 4) is 11.5 Å². The molecule has 1 aromatic carbocycles. The van der Waals surface area contributed by atoms with Gasteiger partial charge in [0.1, 0.15) is 6.04 Å². The maximum absolute atomic E-state index is 12.9. The Bertz CT molecular complexity index is 734. The van der Waals surface area contributed by atoms with Crippen LogP contribution in [0.15, 0.2) is 30.6 Å². The Labute approximate surface area is 153 Å². The van der Waals surface area contributed by atoms with Gasteiger partial charge < -0.3 is 19.7 Å². The fraction of sp³-hybridized carbons (Fsp3) is 0.412. The number of benzene rings is 1. The van der Waals surface area contributed by atoms with Crippen molar-refractivity contribution in [1.29, 1.82) is 0 Å². The topological polar surface area (TPSA) is 68.6 Å². The van der Waals surface area contributed by atoms with E-state index >= 15 is 0 Å². The SMILES string of the molecule is CCN(Cc1ccc2c(c1)OCO2)C(=O)C(NC)c1cnn(C)c1.Cl. The lowest BCUT2D eigenvalue weighted by Crippen LogP contribution is -2.39. The van der Waals surface area contributed by atoms with E-state index < -0.39 is 6.04 Å². The molecular weight excluding hydrogens is 344 g/mol. The second-order valence-electron chi connectivity index (χ2n) is 5.71. The van der Waals surface area contributed by atoms with Crippen LogP contribution in [0, 0.1) is 0 Å². The molecule has 1 atom stereocenters. The first-order valence-electron chi connectivity index (χ1n) is 7.95. The van der Waals surface area contributed by atoms with Gasteiger partial charge in [0.05, 0.1) is 6.20 Å². The number of fused-ring (bicyclic) bond motifs is 1. The molecule has 1 amide bonds. The summed E-state index contributed by atoms with van der Waals surface area (Å²) in [7, 11) is 3.62. The molecule has 2 aromatic rings. The third-order valence-electron chi connectivity index (χ3n) is 4.10. The van der Waals surface area contributed by atoms with E-state index in [0.717, 1.165) is 22.6 Å².